The van der Waals surface area contributed by atoms with Gasteiger partial charge in [-0.3, -0.25) is 0 Å². The van der Waals surface area contributed by atoms with E-state index < -0.39 is 0 Å². The minimum absolute atomic E-state index is 0.231. The lowest BCUT2D eigenvalue weighted by Crippen LogP contribution is -2.26. The zero-order valence-corrected chi connectivity index (χ0v) is 8.24. The van der Waals surface area contributed by atoms with E-state index in [0.717, 1.165) is 30.6 Å². The molecule has 3 heteroatoms. The monoisotopic (exact) mass is 199 g/mol. The zero-order chi connectivity index (χ0) is 9.42. The first-order valence-corrected chi connectivity index (χ1v) is 4.70. The number of halogens is 2. The van der Waals surface area contributed by atoms with Crippen molar-refractivity contribution in [2.24, 2.45) is 0 Å². The van der Waals surface area contributed by atoms with Gasteiger partial charge < -0.3 is 4.90 Å². The van der Waals surface area contributed by atoms with E-state index in [1.807, 2.05) is 0 Å². The predicted octanol–water partition coefficient (Wildman–Crippen LogP) is 2.47. The van der Waals surface area contributed by atoms with Crippen molar-refractivity contribution in [1.29, 1.82) is 0 Å². The molecule has 0 fully saturated rings. The number of nitrogens with zero attached hydrogens (tertiary/aromatic N) is 1. The molecule has 0 radical (unpaired) electrons. The van der Waals surface area contributed by atoms with Gasteiger partial charge in [-0.2, -0.15) is 0 Å². The summed E-state index contributed by atoms with van der Waals surface area (Å²) in [5.74, 6) is -0.301. The molecule has 0 amide bonds. The maximum atomic E-state index is 13.1. The summed E-state index contributed by atoms with van der Waals surface area (Å²) in [4.78, 5) is 2.20. The fraction of sp³-hybridized carbons (Fsp3) is 0.400. The van der Waals surface area contributed by atoms with Gasteiger partial charge in [0.15, 0.2) is 0 Å². The Morgan fingerprint density at radius 3 is 2.92 bits per heavy atom. The third-order valence-corrected chi connectivity index (χ3v) is 2.74. The summed E-state index contributed by atoms with van der Waals surface area (Å²) < 4.78 is 13.1. The van der Waals surface area contributed by atoms with E-state index in [1.165, 1.54) is 0 Å². The Labute approximate surface area is 82.1 Å². The van der Waals surface area contributed by atoms with E-state index in [4.69, 9.17) is 11.6 Å². The molecule has 0 spiro atoms. The number of rotatable bonds is 0. The van der Waals surface area contributed by atoms with E-state index in [-0.39, 0.29) is 10.8 Å². The Kier molecular flexibility index (Phi) is 2.26. The molecule has 0 aromatic heterocycles. The van der Waals surface area contributed by atoms with Crippen LogP contribution in [-0.2, 0) is 13.0 Å². The van der Waals surface area contributed by atoms with Crippen LogP contribution in [0.4, 0.5) is 4.39 Å². The summed E-state index contributed by atoms with van der Waals surface area (Å²) >= 11 is 5.70. The van der Waals surface area contributed by atoms with E-state index in [9.17, 15) is 4.39 Å². The average molecular weight is 200 g/mol. The van der Waals surface area contributed by atoms with E-state index in [0.29, 0.717) is 0 Å². The van der Waals surface area contributed by atoms with Crippen molar-refractivity contribution >= 4 is 11.6 Å². The molecule has 1 aliphatic heterocycles. The van der Waals surface area contributed by atoms with Crippen molar-refractivity contribution in [3.8, 4) is 0 Å². The molecular formula is C10H11ClFN. The normalized spacial score (nSPS) is 17.2. The highest BCUT2D eigenvalue weighted by molar-refractivity contribution is 6.30. The summed E-state index contributed by atoms with van der Waals surface area (Å²) in [6, 6.07) is 3.30. The molecule has 13 heavy (non-hydrogen) atoms. The van der Waals surface area contributed by atoms with Crippen LogP contribution < -0.4 is 0 Å². The average Bonchev–Trinajstić information content (AvgIpc) is 2.08. The predicted molar refractivity (Wildman–Crippen MR) is 51.4 cm³/mol. The van der Waals surface area contributed by atoms with Crippen LogP contribution in [-0.4, -0.2) is 18.5 Å². The second-order valence-corrected chi connectivity index (χ2v) is 3.93. The van der Waals surface area contributed by atoms with Crippen LogP contribution in [0, 0.1) is 5.82 Å². The summed E-state index contributed by atoms with van der Waals surface area (Å²) in [6.45, 7) is 1.86. The lowest BCUT2D eigenvalue weighted by molar-refractivity contribution is 0.312. The Balaban J connectivity index is 2.43. The molecule has 0 atom stereocenters. The largest absolute Gasteiger partial charge is 0.302 e. The second-order valence-electron chi connectivity index (χ2n) is 3.52. The molecule has 1 aromatic carbocycles. The molecule has 0 unspecified atom stereocenters. The molecule has 0 saturated heterocycles. The van der Waals surface area contributed by atoms with Crippen LogP contribution in [0.1, 0.15) is 11.1 Å². The smallest absolute Gasteiger partial charge is 0.142 e. The molecule has 1 nitrogen and oxygen atoms in total. The van der Waals surface area contributed by atoms with Crippen LogP contribution in [0.5, 0.6) is 0 Å². The lowest BCUT2D eigenvalue weighted by atomic mass is 10.0. The molecule has 1 aromatic rings. The Morgan fingerprint density at radius 2 is 2.15 bits per heavy atom. The van der Waals surface area contributed by atoms with Gasteiger partial charge in [-0.25, -0.2) is 4.39 Å². The Bertz CT molecular complexity index is 338. The van der Waals surface area contributed by atoms with Crippen molar-refractivity contribution in [3.63, 3.8) is 0 Å². The molecule has 1 heterocycles. The van der Waals surface area contributed by atoms with E-state index >= 15 is 0 Å². The first-order chi connectivity index (χ1) is 6.16. The topological polar surface area (TPSA) is 3.24 Å². The van der Waals surface area contributed by atoms with Crippen molar-refractivity contribution < 1.29 is 4.39 Å². The molecule has 0 saturated carbocycles. The van der Waals surface area contributed by atoms with Crippen LogP contribution in [0.15, 0.2) is 12.1 Å². The minimum Gasteiger partial charge on any atom is -0.302 e. The maximum absolute atomic E-state index is 13.1. The molecule has 1 aliphatic rings. The van der Waals surface area contributed by atoms with Crippen LogP contribution >= 0.6 is 11.6 Å². The molecule has 0 aliphatic carbocycles. The van der Waals surface area contributed by atoms with E-state index in [1.54, 1.807) is 12.1 Å². The standard InChI is InChI=1S/C10H11ClFN/c1-13-3-2-7-5-10(12)9(11)4-8(7)6-13/h4-5H,2-3,6H2,1H3. The van der Waals surface area contributed by atoms with Gasteiger partial charge in [0.25, 0.3) is 0 Å². The minimum atomic E-state index is -0.301. The van der Waals surface area contributed by atoms with Gasteiger partial charge in [0, 0.05) is 13.1 Å². The summed E-state index contributed by atoms with van der Waals surface area (Å²) in [5.41, 5.74) is 2.25. The molecule has 0 bridgehead atoms. The summed E-state index contributed by atoms with van der Waals surface area (Å²) in [7, 11) is 2.06. The van der Waals surface area contributed by atoms with Gasteiger partial charge in [0.2, 0.25) is 0 Å². The van der Waals surface area contributed by atoms with Crippen LogP contribution in [0.3, 0.4) is 0 Å². The highest BCUT2D eigenvalue weighted by atomic mass is 35.5. The number of hydrogen-bond donors (Lipinski definition) is 0. The van der Waals surface area contributed by atoms with Crippen molar-refractivity contribution in [2.75, 3.05) is 13.6 Å². The van der Waals surface area contributed by atoms with Gasteiger partial charge in [-0.05, 0) is 36.7 Å². The van der Waals surface area contributed by atoms with Crippen molar-refractivity contribution in [3.05, 3.63) is 34.1 Å². The molecular weight excluding hydrogens is 189 g/mol. The van der Waals surface area contributed by atoms with E-state index in [2.05, 4.69) is 11.9 Å². The van der Waals surface area contributed by atoms with Gasteiger partial charge in [-0.1, -0.05) is 11.6 Å². The Morgan fingerprint density at radius 1 is 1.38 bits per heavy atom. The quantitative estimate of drug-likeness (QED) is 0.621. The summed E-state index contributed by atoms with van der Waals surface area (Å²) in [5, 5.41) is 0.231. The second kappa shape index (κ2) is 3.28. The zero-order valence-electron chi connectivity index (χ0n) is 7.48. The fourth-order valence-corrected chi connectivity index (χ4v) is 1.88. The number of likely N-dealkylation sites (N-methyl/N-ethyl adjacent to an activating group) is 1. The van der Waals surface area contributed by atoms with Crippen molar-refractivity contribution in [1.82, 2.24) is 4.90 Å². The van der Waals surface area contributed by atoms with Gasteiger partial charge in [0.05, 0.1) is 5.02 Å². The molecule has 2 rings (SSSR count). The van der Waals surface area contributed by atoms with Crippen molar-refractivity contribution in [2.45, 2.75) is 13.0 Å². The van der Waals surface area contributed by atoms with Gasteiger partial charge in [-0.15, -0.1) is 0 Å². The number of benzene rings is 1. The maximum Gasteiger partial charge on any atom is 0.142 e. The first kappa shape index (κ1) is 8.97. The highest BCUT2D eigenvalue weighted by Crippen LogP contribution is 2.24. The fourth-order valence-electron chi connectivity index (χ4n) is 1.69. The van der Waals surface area contributed by atoms with Gasteiger partial charge >= 0.3 is 0 Å². The number of hydrogen-bond acceptors (Lipinski definition) is 1. The third-order valence-electron chi connectivity index (χ3n) is 2.45. The van der Waals surface area contributed by atoms with Crippen LogP contribution in [0.2, 0.25) is 5.02 Å². The summed E-state index contributed by atoms with van der Waals surface area (Å²) in [6.07, 6.45) is 0.917. The van der Waals surface area contributed by atoms with Crippen LogP contribution in [0.25, 0.3) is 0 Å². The third kappa shape index (κ3) is 1.69. The Hall–Kier alpha value is -0.600. The lowest BCUT2D eigenvalue weighted by Gasteiger charge is -2.25. The molecule has 0 N–H and O–H groups in total. The SMILES string of the molecule is CN1CCc2cc(F)c(Cl)cc2C1. The van der Waals surface area contributed by atoms with Gasteiger partial charge in [0.1, 0.15) is 5.82 Å². The number of fused-ring (bicyclic) bond motifs is 1. The first-order valence-electron chi connectivity index (χ1n) is 4.32. The molecule has 70 valence electrons. The highest BCUT2D eigenvalue weighted by Gasteiger charge is 2.15.